The molecule has 0 unspecified atom stereocenters. The van der Waals surface area contributed by atoms with Crippen LogP contribution in [0.2, 0.25) is 0 Å². The van der Waals surface area contributed by atoms with Crippen LogP contribution in [0.15, 0.2) is 54.6 Å². The second kappa shape index (κ2) is 9.32. The number of ether oxygens (including phenoxy) is 1. The Morgan fingerprint density at radius 3 is 2.43 bits per heavy atom. The summed E-state index contributed by atoms with van der Waals surface area (Å²) >= 11 is 0. The molecule has 2 aromatic rings. The number of amides is 1. The topological polar surface area (TPSA) is 44.8 Å². The van der Waals surface area contributed by atoms with Gasteiger partial charge in [-0.3, -0.25) is 4.79 Å². The zero-order valence-corrected chi connectivity index (χ0v) is 15.6. The van der Waals surface area contributed by atoms with Crippen LogP contribution in [0.1, 0.15) is 5.56 Å². The number of likely N-dealkylation sites (N-methyl/N-ethyl adjacent to an activating group) is 1. The first-order valence-electron chi connectivity index (χ1n) is 9.08. The third kappa shape index (κ3) is 5.53. The number of carbonyl (C=O) groups is 1. The van der Waals surface area contributed by atoms with E-state index in [1.165, 1.54) is 18.2 Å². The zero-order valence-electron chi connectivity index (χ0n) is 15.6. The van der Waals surface area contributed by atoms with Crippen LogP contribution in [0, 0.1) is 0 Å². The largest absolute Gasteiger partial charge is 0.434 e. The number of anilines is 2. The first-order valence-corrected chi connectivity index (χ1v) is 9.08. The third-order valence-corrected chi connectivity index (χ3v) is 4.55. The summed E-state index contributed by atoms with van der Waals surface area (Å²) in [4.78, 5) is 16.7. The van der Waals surface area contributed by atoms with Crippen LogP contribution in [-0.2, 0) is 4.79 Å². The average Bonchev–Trinajstić information content (AvgIpc) is 2.68. The molecule has 0 aromatic heterocycles. The SMILES string of the molecule is CN1CCN(c2ccc(NC(=O)/C=C/c3ccccc3OC(F)F)cc2)CC1. The van der Waals surface area contributed by atoms with Gasteiger partial charge in [0.15, 0.2) is 0 Å². The van der Waals surface area contributed by atoms with Crippen molar-refractivity contribution in [2.24, 2.45) is 0 Å². The van der Waals surface area contributed by atoms with Crippen molar-refractivity contribution in [2.45, 2.75) is 6.61 Å². The van der Waals surface area contributed by atoms with Crippen molar-refractivity contribution in [3.05, 3.63) is 60.2 Å². The lowest BCUT2D eigenvalue weighted by molar-refractivity contribution is -0.111. The Labute approximate surface area is 163 Å². The molecule has 1 fully saturated rings. The molecular weight excluding hydrogens is 364 g/mol. The number of rotatable bonds is 6. The van der Waals surface area contributed by atoms with Crippen molar-refractivity contribution >= 4 is 23.4 Å². The van der Waals surface area contributed by atoms with Gasteiger partial charge in [0.2, 0.25) is 5.91 Å². The van der Waals surface area contributed by atoms with Crippen LogP contribution >= 0.6 is 0 Å². The molecule has 0 bridgehead atoms. The first-order chi connectivity index (χ1) is 13.5. The standard InChI is InChI=1S/C21H23F2N3O2/c1-25-12-14-26(15-13-25)18-9-7-17(8-10-18)24-20(27)11-6-16-4-2-3-5-19(16)28-21(22)23/h2-11,21H,12-15H2,1H3,(H,24,27)/b11-6+. The van der Waals surface area contributed by atoms with Gasteiger partial charge in [-0.2, -0.15) is 8.78 Å². The molecule has 1 amide bonds. The summed E-state index contributed by atoms with van der Waals surface area (Å²) in [5, 5.41) is 2.77. The Bertz CT molecular complexity index is 817. The Morgan fingerprint density at radius 2 is 1.75 bits per heavy atom. The van der Waals surface area contributed by atoms with Crippen molar-refractivity contribution in [3.63, 3.8) is 0 Å². The molecule has 1 aliphatic heterocycles. The van der Waals surface area contributed by atoms with E-state index in [1.807, 2.05) is 24.3 Å². The number of para-hydroxylation sites is 1. The highest BCUT2D eigenvalue weighted by atomic mass is 19.3. The molecule has 0 aliphatic carbocycles. The van der Waals surface area contributed by atoms with Gasteiger partial charge >= 0.3 is 6.61 Å². The second-order valence-electron chi connectivity index (χ2n) is 6.58. The molecule has 1 N–H and O–H groups in total. The summed E-state index contributed by atoms with van der Waals surface area (Å²) in [6.07, 6.45) is 2.74. The van der Waals surface area contributed by atoms with Gasteiger partial charge in [0.1, 0.15) is 5.75 Å². The van der Waals surface area contributed by atoms with Gasteiger partial charge in [-0.05, 0) is 43.5 Å². The zero-order chi connectivity index (χ0) is 19.9. The smallest absolute Gasteiger partial charge is 0.387 e. The molecule has 7 heteroatoms. The van der Waals surface area contributed by atoms with Gasteiger partial charge in [-0.15, -0.1) is 0 Å². The van der Waals surface area contributed by atoms with Crippen molar-refractivity contribution in [1.82, 2.24) is 4.90 Å². The minimum atomic E-state index is -2.91. The normalized spacial score (nSPS) is 15.2. The minimum absolute atomic E-state index is 0.0260. The van der Waals surface area contributed by atoms with Crippen molar-refractivity contribution < 1.29 is 18.3 Å². The fourth-order valence-electron chi connectivity index (χ4n) is 2.99. The van der Waals surface area contributed by atoms with E-state index < -0.39 is 6.61 Å². The molecule has 3 rings (SSSR count). The van der Waals surface area contributed by atoms with Crippen LogP contribution in [0.25, 0.3) is 6.08 Å². The monoisotopic (exact) mass is 387 g/mol. The molecular formula is C21H23F2N3O2. The number of benzene rings is 2. The number of nitrogens with zero attached hydrogens (tertiary/aromatic N) is 2. The van der Waals surface area contributed by atoms with Crippen molar-refractivity contribution in [1.29, 1.82) is 0 Å². The van der Waals surface area contributed by atoms with Crippen LogP contribution in [0.5, 0.6) is 5.75 Å². The lowest BCUT2D eigenvalue weighted by Gasteiger charge is -2.34. The number of alkyl halides is 2. The summed E-state index contributed by atoms with van der Waals surface area (Å²) in [5.74, 6) is -0.322. The Balaban J connectivity index is 1.58. The number of halogens is 2. The highest BCUT2D eigenvalue weighted by molar-refractivity contribution is 6.02. The number of piperazine rings is 1. The molecule has 148 valence electrons. The number of hydrogen-bond acceptors (Lipinski definition) is 4. The molecule has 5 nitrogen and oxygen atoms in total. The Hall–Kier alpha value is -2.93. The lowest BCUT2D eigenvalue weighted by atomic mass is 10.2. The summed E-state index contributed by atoms with van der Waals surface area (Å²) < 4.78 is 29.3. The first kappa shape index (κ1) is 19.8. The van der Waals surface area contributed by atoms with Gasteiger partial charge in [0, 0.05) is 49.2 Å². The summed E-state index contributed by atoms with van der Waals surface area (Å²) in [6, 6.07) is 14.0. The van der Waals surface area contributed by atoms with E-state index in [2.05, 4.69) is 26.9 Å². The van der Waals surface area contributed by atoms with E-state index >= 15 is 0 Å². The third-order valence-electron chi connectivity index (χ3n) is 4.55. The lowest BCUT2D eigenvalue weighted by Crippen LogP contribution is -2.44. The van der Waals surface area contributed by atoms with Gasteiger partial charge < -0.3 is 19.9 Å². The molecule has 0 saturated carbocycles. The fourth-order valence-corrected chi connectivity index (χ4v) is 2.99. The van der Waals surface area contributed by atoms with E-state index in [-0.39, 0.29) is 11.7 Å². The second-order valence-corrected chi connectivity index (χ2v) is 6.58. The highest BCUT2D eigenvalue weighted by Gasteiger charge is 2.14. The van der Waals surface area contributed by atoms with Gasteiger partial charge in [0.25, 0.3) is 0 Å². The molecule has 0 atom stereocenters. The van der Waals surface area contributed by atoms with Crippen LogP contribution in [0.4, 0.5) is 20.2 Å². The molecule has 1 saturated heterocycles. The quantitative estimate of drug-likeness (QED) is 0.768. The molecule has 1 heterocycles. The van der Waals surface area contributed by atoms with E-state index in [0.29, 0.717) is 11.3 Å². The summed E-state index contributed by atoms with van der Waals surface area (Å²) in [7, 11) is 2.11. The molecule has 28 heavy (non-hydrogen) atoms. The number of nitrogens with one attached hydrogen (secondary N) is 1. The maximum Gasteiger partial charge on any atom is 0.387 e. The molecule has 1 aliphatic rings. The van der Waals surface area contributed by atoms with E-state index in [4.69, 9.17) is 0 Å². The number of hydrogen-bond donors (Lipinski definition) is 1. The summed E-state index contributed by atoms with van der Waals surface area (Å²) in [6.45, 7) is 1.10. The molecule has 0 spiro atoms. The van der Waals surface area contributed by atoms with Crippen molar-refractivity contribution in [3.8, 4) is 5.75 Å². The fraction of sp³-hybridized carbons (Fsp3) is 0.286. The van der Waals surface area contributed by atoms with Crippen molar-refractivity contribution in [2.75, 3.05) is 43.4 Å². The molecule has 2 aromatic carbocycles. The average molecular weight is 387 g/mol. The van der Waals surface area contributed by atoms with Gasteiger partial charge in [-0.25, -0.2) is 0 Å². The summed E-state index contributed by atoms with van der Waals surface area (Å²) in [5.41, 5.74) is 2.20. The van der Waals surface area contributed by atoms with Gasteiger partial charge in [-0.1, -0.05) is 18.2 Å². The van der Waals surface area contributed by atoms with E-state index in [9.17, 15) is 13.6 Å². The van der Waals surface area contributed by atoms with E-state index in [0.717, 1.165) is 31.9 Å². The van der Waals surface area contributed by atoms with E-state index in [1.54, 1.807) is 18.2 Å². The highest BCUT2D eigenvalue weighted by Crippen LogP contribution is 2.22. The van der Waals surface area contributed by atoms with Gasteiger partial charge in [0.05, 0.1) is 0 Å². The number of carbonyl (C=O) groups excluding carboxylic acids is 1. The predicted octanol–water partition coefficient (Wildman–Crippen LogP) is 3.69. The predicted molar refractivity (Wildman–Crippen MR) is 107 cm³/mol. The van der Waals surface area contributed by atoms with Crippen LogP contribution in [-0.4, -0.2) is 50.6 Å². The van der Waals surface area contributed by atoms with Crippen LogP contribution < -0.4 is 15.0 Å². The Morgan fingerprint density at radius 1 is 1.07 bits per heavy atom. The van der Waals surface area contributed by atoms with Crippen LogP contribution in [0.3, 0.4) is 0 Å². The maximum absolute atomic E-state index is 12.4. The molecule has 0 radical (unpaired) electrons. The minimum Gasteiger partial charge on any atom is -0.434 e. The Kier molecular flexibility index (Phi) is 6.60. The maximum atomic E-state index is 12.4.